The summed E-state index contributed by atoms with van der Waals surface area (Å²) in [5, 5.41) is 21.0. The number of aromatic nitrogens is 3. The maximum Gasteiger partial charge on any atom is 0.453 e. The molecule has 7 nitrogen and oxygen atoms in total. The molecular weight excluding hydrogens is 367 g/mol. The maximum absolute atomic E-state index is 13.1. The highest BCUT2D eigenvalue weighted by molar-refractivity contribution is 8.07. The Balaban J connectivity index is 1.74. The average Bonchev–Trinajstić information content (AvgIpc) is 3.16. The van der Waals surface area contributed by atoms with Gasteiger partial charge in [0.05, 0.1) is 4.92 Å². The van der Waals surface area contributed by atoms with Crippen LogP contribution in [0.15, 0.2) is 39.9 Å². The van der Waals surface area contributed by atoms with Crippen LogP contribution in [-0.2, 0) is 6.18 Å². The van der Waals surface area contributed by atoms with Crippen LogP contribution in [0.4, 0.5) is 18.9 Å². The van der Waals surface area contributed by atoms with Crippen molar-refractivity contribution >= 4 is 29.2 Å². The summed E-state index contributed by atoms with van der Waals surface area (Å²) in [4.78, 5) is 10.2. The van der Waals surface area contributed by atoms with Gasteiger partial charge in [0.1, 0.15) is 10.4 Å². The van der Waals surface area contributed by atoms with Crippen LogP contribution in [0.3, 0.4) is 0 Å². The van der Waals surface area contributed by atoms with Gasteiger partial charge in [0.15, 0.2) is 0 Å². The summed E-state index contributed by atoms with van der Waals surface area (Å²) >= 11 is 2.42. The lowest BCUT2D eigenvalue weighted by atomic mass is 10.2. The van der Waals surface area contributed by atoms with Crippen molar-refractivity contribution in [1.82, 2.24) is 14.9 Å². The third-order valence-corrected chi connectivity index (χ3v) is 5.60. The molecule has 2 aliphatic heterocycles. The van der Waals surface area contributed by atoms with E-state index in [1.807, 2.05) is 0 Å². The van der Waals surface area contributed by atoms with E-state index < -0.39 is 22.3 Å². The molecule has 1 unspecified atom stereocenters. The molecule has 1 aromatic heterocycles. The quantitative estimate of drug-likeness (QED) is 0.589. The van der Waals surface area contributed by atoms with Crippen molar-refractivity contribution < 1.29 is 18.1 Å². The van der Waals surface area contributed by atoms with E-state index in [9.17, 15) is 23.3 Å². The zero-order chi connectivity index (χ0) is 17.1. The lowest BCUT2D eigenvalue weighted by Crippen LogP contribution is -2.33. The zero-order valence-corrected chi connectivity index (χ0v) is 13.1. The molecule has 0 aliphatic carbocycles. The first-order chi connectivity index (χ1) is 11.4. The molecule has 1 aromatic carbocycles. The van der Waals surface area contributed by atoms with E-state index in [0.29, 0.717) is 10.6 Å². The number of nitro benzene ring substituents is 1. The van der Waals surface area contributed by atoms with E-state index in [4.69, 9.17) is 0 Å². The number of nitro groups is 1. The van der Waals surface area contributed by atoms with Crippen LogP contribution in [0.1, 0.15) is 16.8 Å². The van der Waals surface area contributed by atoms with Gasteiger partial charge in [-0.1, -0.05) is 11.8 Å². The van der Waals surface area contributed by atoms with E-state index in [1.54, 1.807) is 5.41 Å². The summed E-state index contributed by atoms with van der Waals surface area (Å²) in [6, 6.07) is 5.73. The first-order valence-corrected chi connectivity index (χ1v) is 8.22. The van der Waals surface area contributed by atoms with Crippen LogP contribution in [0, 0.1) is 10.1 Å². The predicted molar refractivity (Wildman–Crippen MR) is 80.6 cm³/mol. The van der Waals surface area contributed by atoms with Crippen LogP contribution in [-0.4, -0.2) is 19.8 Å². The SMILES string of the molecule is O=[N+]([O-])c1ccc(C2SC=C3Sc4nnc(C(F)(F)F)n4N32)cc1. The number of fused-ring (bicyclic) bond motifs is 3. The second-order valence-electron chi connectivity index (χ2n) is 4.86. The first-order valence-electron chi connectivity index (χ1n) is 6.46. The van der Waals surface area contributed by atoms with Crippen LogP contribution < -0.4 is 5.01 Å². The van der Waals surface area contributed by atoms with Gasteiger partial charge in [-0.2, -0.15) is 13.2 Å². The van der Waals surface area contributed by atoms with Gasteiger partial charge in [0, 0.05) is 17.5 Å². The van der Waals surface area contributed by atoms with Crippen molar-refractivity contribution in [3.8, 4) is 0 Å². The number of halogens is 3. The second-order valence-corrected chi connectivity index (χ2v) is 6.80. The van der Waals surface area contributed by atoms with E-state index in [-0.39, 0.29) is 10.8 Å². The molecule has 24 heavy (non-hydrogen) atoms. The molecule has 0 bridgehead atoms. The van der Waals surface area contributed by atoms with Crippen molar-refractivity contribution in [3.63, 3.8) is 0 Å². The van der Waals surface area contributed by atoms with E-state index >= 15 is 0 Å². The number of benzene rings is 1. The molecule has 124 valence electrons. The maximum atomic E-state index is 13.1. The number of thioether (sulfide) groups is 2. The molecule has 4 rings (SSSR count). The Morgan fingerprint density at radius 3 is 2.54 bits per heavy atom. The fraction of sp³-hybridized carbons (Fsp3) is 0.167. The Bertz CT molecular complexity index is 865. The lowest BCUT2D eigenvalue weighted by Gasteiger charge is -2.26. The molecule has 0 saturated heterocycles. The van der Waals surface area contributed by atoms with Crippen LogP contribution >= 0.6 is 23.5 Å². The van der Waals surface area contributed by atoms with Crippen LogP contribution in [0.2, 0.25) is 0 Å². The number of nitrogens with zero attached hydrogens (tertiary/aromatic N) is 5. The minimum absolute atomic E-state index is 0.0771. The summed E-state index contributed by atoms with van der Waals surface area (Å²) in [6.07, 6.45) is -4.63. The molecule has 0 spiro atoms. The minimum Gasteiger partial charge on any atom is -0.258 e. The van der Waals surface area contributed by atoms with Crippen LogP contribution in [0.5, 0.6) is 0 Å². The van der Waals surface area contributed by atoms with Crippen molar-refractivity contribution in [2.45, 2.75) is 16.7 Å². The molecule has 0 fully saturated rings. The predicted octanol–water partition coefficient (Wildman–Crippen LogP) is 3.49. The van der Waals surface area contributed by atoms with Gasteiger partial charge < -0.3 is 0 Å². The Morgan fingerprint density at radius 1 is 1.21 bits per heavy atom. The Hall–Kier alpha value is -2.21. The lowest BCUT2D eigenvalue weighted by molar-refractivity contribution is -0.384. The second kappa shape index (κ2) is 5.14. The number of alkyl halides is 3. The van der Waals surface area contributed by atoms with Gasteiger partial charge in [-0.3, -0.25) is 15.1 Å². The minimum atomic E-state index is -4.63. The highest BCUT2D eigenvalue weighted by atomic mass is 32.2. The third-order valence-electron chi connectivity index (χ3n) is 3.41. The topological polar surface area (TPSA) is 77.1 Å². The van der Waals surface area contributed by atoms with Gasteiger partial charge in [-0.05, 0) is 29.5 Å². The van der Waals surface area contributed by atoms with Gasteiger partial charge in [0.2, 0.25) is 5.16 Å². The highest BCUT2D eigenvalue weighted by Gasteiger charge is 2.47. The average molecular weight is 373 g/mol. The van der Waals surface area contributed by atoms with Crippen molar-refractivity contribution in [3.05, 3.63) is 56.2 Å². The van der Waals surface area contributed by atoms with E-state index in [2.05, 4.69) is 10.2 Å². The Kier molecular flexibility index (Phi) is 3.28. The molecule has 0 saturated carbocycles. The molecule has 0 amide bonds. The fourth-order valence-electron chi connectivity index (χ4n) is 2.40. The molecule has 12 heteroatoms. The zero-order valence-electron chi connectivity index (χ0n) is 11.5. The molecule has 2 aliphatic rings. The van der Waals surface area contributed by atoms with Gasteiger partial charge in [-0.15, -0.1) is 10.2 Å². The molecular formula is C12H6F3N5O2S2. The Labute approximate surface area is 140 Å². The number of rotatable bonds is 2. The monoisotopic (exact) mass is 373 g/mol. The number of non-ortho nitro benzene ring substituents is 1. The molecule has 3 heterocycles. The molecule has 2 aromatic rings. The van der Waals surface area contributed by atoms with E-state index in [0.717, 1.165) is 16.4 Å². The van der Waals surface area contributed by atoms with Crippen molar-refractivity contribution in [1.29, 1.82) is 0 Å². The molecule has 1 atom stereocenters. The summed E-state index contributed by atoms with van der Waals surface area (Å²) in [7, 11) is 0. The normalized spacial score (nSPS) is 19.2. The smallest absolute Gasteiger partial charge is 0.258 e. The van der Waals surface area contributed by atoms with Gasteiger partial charge in [-0.25, -0.2) is 4.68 Å². The summed E-state index contributed by atoms with van der Waals surface area (Å²) < 4.78 is 40.4. The third kappa shape index (κ3) is 2.24. The van der Waals surface area contributed by atoms with Gasteiger partial charge >= 0.3 is 6.18 Å². The molecule has 0 N–H and O–H groups in total. The largest absolute Gasteiger partial charge is 0.453 e. The van der Waals surface area contributed by atoms with E-state index in [1.165, 1.54) is 41.0 Å². The van der Waals surface area contributed by atoms with Gasteiger partial charge in [0.25, 0.3) is 11.5 Å². The van der Waals surface area contributed by atoms with Crippen molar-refractivity contribution in [2.75, 3.05) is 5.01 Å². The Morgan fingerprint density at radius 2 is 1.92 bits per heavy atom. The number of hydrogen-bond donors (Lipinski definition) is 0. The van der Waals surface area contributed by atoms with Crippen LogP contribution in [0.25, 0.3) is 0 Å². The van der Waals surface area contributed by atoms with Crippen molar-refractivity contribution in [2.24, 2.45) is 0 Å². The standard InChI is InChI=1S/C12H6F3N5O2S2/c13-12(14,15)10-16-17-11-19(10)18-8(24-11)5-23-9(18)6-1-3-7(4-2-6)20(21)22/h1-5,9H. The number of hydrogen-bond acceptors (Lipinski definition) is 7. The summed E-state index contributed by atoms with van der Waals surface area (Å²) in [5.74, 6) is -1.09. The highest BCUT2D eigenvalue weighted by Crippen LogP contribution is 2.52. The molecule has 0 radical (unpaired) electrons. The fourth-order valence-corrected chi connectivity index (χ4v) is 4.62. The summed E-state index contributed by atoms with van der Waals surface area (Å²) in [6.45, 7) is 0. The first kappa shape index (κ1) is 15.3. The summed E-state index contributed by atoms with van der Waals surface area (Å²) in [5.41, 5.74) is 0.568.